The molecule has 0 heterocycles. The van der Waals surface area contributed by atoms with E-state index in [1.54, 1.807) is 7.11 Å². The maximum Gasteiger partial charge on any atom is 0.122 e. The van der Waals surface area contributed by atoms with E-state index in [1.165, 1.54) is 50.5 Å². The summed E-state index contributed by atoms with van der Waals surface area (Å²) in [5.74, 6) is 7.50. The lowest BCUT2D eigenvalue weighted by Gasteiger charge is -2.28. The van der Waals surface area contributed by atoms with Gasteiger partial charge in [0.05, 0.1) is 7.11 Å². The quantitative estimate of drug-likeness (QED) is 0.640. The highest BCUT2D eigenvalue weighted by Crippen LogP contribution is 2.28. The number of hydrazine groups is 1. The summed E-state index contributed by atoms with van der Waals surface area (Å²) in [7, 11) is 1.74. The summed E-state index contributed by atoms with van der Waals surface area (Å²) in [6.07, 6.45) is 10.4. The third-order valence-corrected chi connectivity index (χ3v) is 4.57. The summed E-state index contributed by atoms with van der Waals surface area (Å²) in [4.78, 5) is 0. The van der Waals surface area contributed by atoms with Gasteiger partial charge < -0.3 is 4.74 Å². The van der Waals surface area contributed by atoms with Crippen LogP contribution in [0.3, 0.4) is 0 Å². The van der Waals surface area contributed by atoms with Gasteiger partial charge >= 0.3 is 0 Å². The van der Waals surface area contributed by atoms with E-state index in [-0.39, 0.29) is 0 Å². The summed E-state index contributed by atoms with van der Waals surface area (Å²) in [6.45, 7) is 0. The van der Waals surface area contributed by atoms with E-state index < -0.39 is 0 Å². The second-order valence-corrected chi connectivity index (χ2v) is 5.89. The van der Waals surface area contributed by atoms with Crippen LogP contribution in [0, 0.1) is 5.92 Å². The topological polar surface area (TPSA) is 47.3 Å². The monoisotopic (exact) mass is 276 g/mol. The summed E-state index contributed by atoms with van der Waals surface area (Å²) >= 11 is 0. The first kappa shape index (κ1) is 15.3. The van der Waals surface area contributed by atoms with Gasteiger partial charge in [0.1, 0.15) is 5.75 Å². The molecule has 3 nitrogen and oxygen atoms in total. The van der Waals surface area contributed by atoms with Gasteiger partial charge in [-0.2, -0.15) is 0 Å². The molecule has 0 spiro atoms. The first-order chi connectivity index (χ1) is 9.85. The van der Waals surface area contributed by atoms with Crippen molar-refractivity contribution in [2.24, 2.45) is 11.8 Å². The van der Waals surface area contributed by atoms with Gasteiger partial charge in [-0.3, -0.25) is 11.3 Å². The van der Waals surface area contributed by atoms with E-state index in [2.05, 4.69) is 17.6 Å². The Hall–Kier alpha value is -1.06. The fourth-order valence-corrected chi connectivity index (χ4v) is 3.36. The first-order valence-electron chi connectivity index (χ1n) is 7.93. The highest BCUT2D eigenvalue weighted by atomic mass is 16.5. The molecule has 20 heavy (non-hydrogen) atoms. The van der Waals surface area contributed by atoms with Crippen LogP contribution in [0.5, 0.6) is 5.75 Å². The molecular weight excluding hydrogens is 248 g/mol. The number of hydrogen-bond acceptors (Lipinski definition) is 3. The second-order valence-electron chi connectivity index (χ2n) is 5.89. The van der Waals surface area contributed by atoms with Crippen molar-refractivity contribution in [1.82, 2.24) is 5.43 Å². The van der Waals surface area contributed by atoms with Crippen LogP contribution in [0.2, 0.25) is 0 Å². The maximum atomic E-state index is 5.84. The van der Waals surface area contributed by atoms with Crippen LogP contribution < -0.4 is 16.0 Å². The highest BCUT2D eigenvalue weighted by molar-refractivity contribution is 5.33. The van der Waals surface area contributed by atoms with E-state index in [0.717, 1.165) is 12.2 Å². The number of nitrogens with one attached hydrogen (secondary N) is 1. The molecular formula is C17H28N2O. The fraction of sp³-hybridized carbons (Fsp3) is 0.647. The van der Waals surface area contributed by atoms with Crippen LogP contribution in [-0.4, -0.2) is 13.2 Å². The van der Waals surface area contributed by atoms with Crippen LogP contribution in [0.15, 0.2) is 24.3 Å². The normalized spacial score (nSPS) is 19.1. The first-order valence-corrected chi connectivity index (χ1v) is 7.93. The molecule has 1 saturated carbocycles. The van der Waals surface area contributed by atoms with Gasteiger partial charge in [-0.1, -0.05) is 50.3 Å². The van der Waals surface area contributed by atoms with Gasteiger partial charge in [0.25, 0.3) is 0 Å². The van der Waals surface area contributed by atoms with Gasteiger partial charge in [-0.25, -0.2) is 0 Å². The lowest BCUT2D eigenvalue weighted by atomic mass is 9.83. The lowest BCUT2D eigenvalue weighted by molar-refractivity contribution is 0.283. The zero-order valence-electron chi connectivity index (χ0n) is 12.6. The Kier molecular flexibility index (Phi) is 6.34. The number of nitrogens with two attached hydrogens (primary N) is 1. The molecule has 1 atom stereocenters. The molecule has 1 fully saturated rings. The van der Waals surface area contributed by atoms with E-state index in [9.17, 15) is 0 Å². The molecule has 0 aliphatic heterocycles. The minimum absolute atomic E-state index is 0.351. The molecule has 112 valence electrons. The second kappa shape index (κ2) is 8.28. The molecule has 1 aromatic rings. The van der Waals surface area contributed by atoms with E-state index in [0.29, 0.717) is 12.0 Å². The average Bonchev–Trinajstić information content (AvgIpc) is 2.45. The molecule has 0 amide bonds. The summed E-state index contributed by atoms with van der Waals surface area (Å²) in [6, 6.07) is 8.61. The molecule has 1 unspecified atom stereocenters. The number of methoxy groups -OCH3 is 1. The van der Waals surface area contributed by atoms with Crippen molar-refractivity contribution in [1.29, 1.82) is 0 Å². The molecule has 1 aliphatic rings. The van der Waals surface area contributed by atoms with Gasteiger partial charge in [0.2, 0.25) is 0 Å². The predicted molar refractivity (Wildman–Crippen MR) is 83.6 cm³/mol. The van der Waals surface area contributed by atoms with Crippen molar-refractivity contribution in [3.8, 4) is 5.75 Å². The lowest BCUT2D eigenvalue weighted by Crippen LogP contribution is -2.42. The van der Waals surface area contributed by atoms with Gasteiger partial charge in [0.15, 0.2) is 0 Å². The fourth-order valence-electron chi connectivity index (χ4n) is 3.36. The minimum Gasteiger partial charge on any atom is -0.496 e. The third-order valence-electron chi connectivity index (χ3n) is 4.57. The van der Waals surface area contributed by atoms with Crippen molar-refractivity contribution in [3.63, 3.8) is 0 Å². The summed E-state index contributed by atoms with van der Waals surface area (Å²) in [5.41, 5.74) is 4.31. The van der Waals surface area contributed by atoms with Crippen LogP contribution in [0.4, 0.5) is 0 Å². The van der Waals surface area contributed by atoms with Crippen molar-refractivity contribution >= 4 is 0 Å². The van der Waals surface area contributed by atoms with Crippen LogP contribution in [-0.2, 0) is 6.42 Å². The number of ether oxygens (including phenoxy) is 1. The smallest absolute Gasteiger partial charge is 0.122 e. The molecule has 0 radical (unpaired) electrons. The highest BCUT2D eigenvalue weighted by Gasteiger charge is 2.22. The van der Waals surface area contributed by atoms with Crippen molar-refractivity contribution < 1.29 is 4.74 Å². The Morgan fingerprint density at radius 2 is 1.80 bits per heavy atom. The van der Waals surface area contributed by atoms with E-state index in [4.69, 9.17) is 10.6 Å². The summed E-state index contributed by atoms with van der Waals surface area (Å²) < 4.78 is 5.45. The number of para-hydroxylation sites is 1. The standard InChI is InChI=1S/C17H28N2O/c1-20-17-12-8-7-11-15(17)13-16(19-18)14-9-5-3-2-4-6-10-14/h7-8,11-12,14,16,19H,2-6,9-10,13,18H2,1H3. The predicted octanol–water partition coefficient (Wildman–Crippen LogP) is 3.43. The molecule has 0 saturated heterocycles. The van der Waals surface area contributed by atoms with Crippen molar-refractivity contribution in [3.05, 3.63) is 29.8 Å². The van der Waals surface area contributed by atoms with Gasteiger partial charge in [-0.05, 0) is 36.8 Å². The van der Waals surface area contributed by atoms with Crippen LogP contribution in [0.25, 0.3) is 0 Å². The Morgan fingerprint density at radius 3 is 2.45 bits per heavy atom. The Bertz CT molecular complexity index is 386. The Labute approximate surface area is 122 Å². The largest absolute Gasteiger partial charge is 0.496 e. The Balaban J connectivity index is 2.03. The SMILES string of the molecule is COc1ccccc1CC(NN)C1CCCCCCC1. The average molecular weight is 276 g/mol. The van der Waals surface area contributed by atoms with E-state index >= 15 is 0 Å². The molecule has 3 heteroatoms. The van der Waals surface area contributed by atoms with Gasteiger partial charge in [-0.15, -0.1) is 0 Å². The number of benzene rings is 1. The summed E-state index contributed by atoms with van der Waals surface area (Å²) in [5, 5.41) is 0. The van der Waals surface area contributed by atoms with E-state index in [1.807, 2.05) is 12.1 Å². The third kappa shape index (κ3) is 4.22. The van der Waals surface area contributed by atoms with Crippen molar-refractivity contribution in [2.45, 2.75) is 57.4 Å². The van der Waals surface area contributed by atoms with Gasteiger partial charge in [0, 0.05) is 6.04 Å². The zero-order chi connectivity index (χ0) is 14.2. The van der Waals surface area contributed by atoms with Crippen LogP contribution in [0.1, 0.15) is 50.5 Å². The molecule has 1 aliphatic carbocycles. The zero-order valence-corrected chi connectivity index (χ0v) is 12.6. The maximum absolute atomic E-state index is 5.84. The van der Waals surface area contributed by atoms with Crippen LogP contribution >= 0.6 is 0 Å². The molecule has 2 rings (SSSR count). The molecule has 0 aromatic heterocycles. The number of rotatable bonds is 5. The minimum atomic E-state index is 0.351. The molecule has 3 N–H and O–H groups in total. The molecule has 0 bridgehead atoms. The van der Waals surface area contributed by atoms with Crippen molar-refractivity contribution in [2.75, 3.05) is 7.11 Å². The number of hydrogen-bond donors (Lipinski definition) is 2. The molecule has 1 aromatic carbocycles. The Morgan fingerprint density at radius 1 is 1.15 bits per heavy atom.